The molecule has 1 atom stereocenters. The van der Waals surface area contributed by atoms with E-state index in [0.717, 1.165) is 18.1 Å². The number of hydrogen-bond acceptors (Lipinski definition) is 5. The first-order valence-electron chi connectivity index (χ1n) is 7.12. The predicted octanol–water partition coefficient (Wildman–Crippen LogP) is -0.0770. The molecule has 2 aliphatic heterocycles. The smallest absolute Gasteiger partial charge is 0.240 e. The van der Waals surface area contributed by atoms with Crippen LogP contribution in [-0.2, 0) is 14.8 Å². The lowest BCUT2D eigenvalue weighted by molar-refractivity contribution is -0.133. The highest BCUT2D eigenvalue weighted by molar-refractivity contribution is 7.99. The molecule has 1 N–H and O–H groups in total. The second-order valence-corrected chi connectivity index (χ2v) is 8.28. The van der Waals surface area contributed by atoms with Crippen molar-refractivity contribution in [3.05, 3.63) is 0 Å². The topological polar surface area (TPSA) is 69.7 Å². The Kier molecular flexibility index (Phi) is 5.71. The number of hydrogen-bond donors (Lipinski definition) is 1. The van der Waals surface area contributed by atoms with Crippen LogP contribution in [0, 0.1) is 0 Å². The first-order chi connectivity index (χ1) is 9.54. The third-order valence-electron chi connectivity index (χ3n) is 3.71. The van der Waals surface area contributed by atoms with Crippen molar-refractivity contribution in [2.45, 2.75) is 25.8 Å². The van der Waals surface area contributed by atoms with Crippen LogP contribution in [0.4, 0.5) is 0 Å². The third-order valence-corrected chi connectivity index (χ3v) is 6.61. The van der Waals surface area contributed by atoms with Gasteiger partial charge < -0.3 is 4.90 Å². The van der Waals surface area contributed by atoms with E-state index in [1.54, 1.807) is 16.7 Å². The number of unbranched alkanes of at least 4 members (excludes halogenated alkanes) is 1. The summed E-state index contributed by atoms with van der Waals surface area (Å²) < 4.78 is 25.7. The lowest BCUT2D eigenvalue weighted by atomic mass is 10.2. The highest BCUT2D eigenvalue weighted by Crippen LogP contribution is 2.15. The maximum atomic E-state index is 12.2. The van der Waals surface area contributed by atoms with Crippen LogP contribution >= 0.6 is 11.8 Å². The fourth-order valence-corrected chi connectivity index (χ4v) is 4.98. The monoisotopic (exact) mass is 321 g/mol. The van der Waals surface area contributed by atoms with Gasteiger partial charge in [-0.1, -0.05) is 13.3 Å². The van der Waals surface area contributed by atoms with Gasteiger partial charge in [0.1, 0.15) is 0 Å². The number of amides is 1. The zero-order valence-electron chi connectivity index (χ0n) is 11.9. The Morgan fingerprint density at radius 2 is 2.00 bits per heavy atom. The van der Waals surface area contributed by atoms with Crippen LogP contribution in [-0.4, -0.2) is 73.1 Å². The molecular formula is C12H23N3O3S2. The van der Waals surface area contributed by atoms with Gasteiger partial charge in [-0.25, -0.2) is 8.42 Å². The zero-order valence-corrected chi connectivity index (χ0v) is 13.5. The van der Waals surface area contributed by atoms with Gasteiger partial charge in [0.15, 0.2) is 0 Å². The summed E-state index contributed by atoms with van der Waals surface area (Å²) >= 11 is 1.72. The minimum Gasteiger partial charge on any atom is -0.339 e. The molecule has 2 heterocycles. The Hall–Kier alpha value is -0.310. The lowest BCUT2D eigenvalue weighted by Gasteiger charge is -2.35. The molecule has 2 aliphatic rings. The molecule has 1 amide bonds. The first-order valence-corrected chi connectivity index (χ1v) is 9.88. The third kappa shape index (κ3) is 3.87. The van der Waals surface area contributed by atoms with E-state index in [-0.39, 0.29) is 17.7 Å². The molecule has 0 aromatic carbocycles. The minimum absolute atomic E-state index is 0.0942. The fraction of sp³-hybridized carbons (Fsp3) is 0.917. The summed E-state index contributed by atoms with van der Waals surface area (Å²) in [5.41, 5.74) is 0. The van der Waals surface area contributed by atoms with E-state index in [9.17, 15) is 13.2 Å². The van der Waals surface area contributed by atoms with Crippen molar-refractivity contribution in [1.29, 1.82) is 0 Å². The molecule has 0 radical (unpaired) electrons. The Bertz CT molecular complexity index is 427. The normalized spacial score (nSPS) is 25.1. The molecule has 2 saturated heterocycles. The summed E-state index contributed by atoms with van der Waals surface area (Å²) in [5.74, 6) is 1.97. The SMILES string of the molecule is CCCCS(=O)(=O)N1CCN(C(=O)C2CSCN2)CC1. The van der Waals surface area contributed by atoms with E-state index in [1.165, 1.54) is 4.31 Å². The Balaban J connectivity index is 1.84. The molecule has 0 aromatic heterocycles. The summed E-state index contributed by atoms with van der Waals surface area (Å²) in [5, 5.41) is 3.16. The van der Waals surface area contributed by atoms with E-state index in [0.29, 0.717) is 32.6 Å². The molecule has 0 saturated carbocycles. The molecule has 1 unspecified atom stereocenters. The first kappa shape index (κ1) is 16.1. The van der Waals surface area contributed by atoms with Gasteiger partial charge in [0.05, 0.1) is 11.8 Å². The molecule has 8 heteroatoms. The van der Waals surface area contributed by atoms with Gasteiger partial charge in [0.2, 0.25) is 15.9 Å². The van der Waals surface area contributed by atoms with Crippen LogP contribution in [0.3, 0.4) is 0 Å². The van der Waals surface area contributed by atoms with Gasteiger partial charge in [-0.2, -0.15) is 4.31 Å². The molecule has 0 spiro atoms. The van der Waals surface area contributed by atoms with E-state index in [2.05, 4.69) is 5.32 Å². The van der Waals surface area contributed by atoms with Crippen molar-refractivity contribution >= 4 is 27.7 Å². The van der Waals surface area contributed by atoms with Crippen molar-refractivity contribution < 1.29 is 13.2 Å². The Labute approximate surface area is 125 Å². The molecule has 116 valence electrons. The lowest BCUT2D eigenvalue weighted by Crippen LogP contribution is -2.54. The predicted molar refractivity (Wildman–Crippen MR) is 81.1 cm³/mol. The maximum Gasteiger partial charge on any atom is 0.240 e. The summed E-state index contributed by atoms with van der Waals surface area (Å²) in [4.78, 5) is 14.0. The number of piperazine rings is 1. The number of carbonyl (C=O) groups excluding carboxylic acids is 1. The standard InChI is InChI=1S/C12H23N3O3S2/c1-2-3-8-20(17,18)15-6-4-14(5-7-15)12(16)11-9-19-10-13-11/h11,13H,2-10H2,1H3. The highest BCUT2D eigenvalue weighted by atomic mass is 32.2. The molecule has 0 bridgehead atoms. The van der Waals surface area contributed by atoms with E-state index < -0.39 is 10.0 Å². The zero-order chi connectivity index (χ0) is 14.6. The van der Waals surface area contributed by atoms with Crippen LogP contribution in [0.15, 0.2) is 0 Å². The van der Waals surface area contributed by atoms with Crippen molar-refractivity contribution in [3.63, 3.8) is 0 Å². The number of carbonyl (C=O) groups is 1. The van der Waals surface area contributed by atoms with Gasteiger partial charge in [-0.15, -0.1) is 11.8 Å². The Morgan fingerprint density at radius 1 is 1.30 bits per heavy atom. The van der Waals surface area contributed by atoms with Crippen LogP contribution in [0.1, 0.15) is 19.8 Å². The Morgan fingerprint density at radius 3 is 2.55 bits per heavy atom. The number of rotatable bonds is 5. The van der Waals surface area contributed by atoms with Gasteiger partial charge in [0, 0.05) is 37.8 Å². The second kappa shape index (κ2) is 7.11. The molecule has 0 aliphatic carbocycles. The molecule has 20 heavy (non-hydrogen) atoms. The van der Waals surface area contributed by atoms with Gasteiger partial charge in [-0.05, 0) is 6.42 Å². The quantitative estimate of drug-likeness (QED) is 0.767. The second-order valence-electron chi connectivity index (χ2n) is 5.17. The van der Waals surface area contributed by atoms with Gasteiger partial charge in [0.25, 0.3) is 0 Å². The average molecular weight is 321 g/mol. The van der Waals surface area contributed by atoms with Crippen molar-refractivity contribution in [2.75, 3.05) is 43.6 Å². The van der Waals surface area contributed by atoms with Crippen LogP contribution in [0.5, 0.6) is 0 Å². The number of sulfonamides is 1. The van der Waals surface area contributed by atoms with Crippen molar-refractivity contribution in [2.24, 2.45) is 0 Å². The molecule has 2 rings (SSSR count). The summed E-state index contributed by atoms with van der Waals surface area (Å²) in [7, 11) is -3.14. The summed E-state index contributed by atoms with van der Waals surface area (Å²) in [6.07, 6.45) is 1.58. The van der Waals surface area contributed by atoms with Crippen LogP contribution < -0.4 is 5.32 Å². The fourth-order valence-electron chi connectivity index (χ4n) is 2.42. The van der Waals surface area contributed by atoms with E-state index in [1.807, 2.05) is 6.92 Å². The van der Waals surface area contributed by atoms with E-state index in [4.69, 9.17) is 0 Å². The summed E-state index contributed by atoms with van der Waals surface area (Å²) in [6.45, 7) is 3.86. The van der Waals surface area contributed by atoms with Crippen molar-refractivity contribution in [3.8, 4) is 0 Å². The molecule has 2 fully saturated rings. The van der Waals surface area contributed by atoms with Crippen molar-refractivity contribution in [1.82, 2.24) is 14.5 Å². The number of nitrogens with zero attached hydrogens (tertiary/aromatic N) is 2. The average Bonchev–Trinajstić information content (AvgIpc) is 2.99. The van der Waals surface area contributed by atoms with E-state index >= 15 is 0 Å². The number of nitrogens with one attached hydrogen (secondary N) is 1. The highest BCUT2D eigenvalue weighted by Gasteiger charge is 2.32. The van der Waals surface area contributed by atoms with Gasteiger partial charge in [-0.3, -0.25) is 10.1 Å². The van der Waals surface area contributed by atoms with Gasteiger partial charge >= 0.3 is 0 Å². The number of thioether (sulfide) groups is 1. The largest absolute Gasteiger partial charge is 0.339 e. The molecular weight excluding hydrogens is 298 g/mol. The minimum atomic E-state index is -3.14. The summed E-state index contributed by atoms with van der Waals surface area (Å²) in [6, 6.07) is -0.0942. The van der Waals surface area contributed by atoms with Crippen LogP contribution in [0.2, 0.25) is 0 Å². The van der Waals surface area contributed by atoms with Crippen LogP contribution in [0.25, 0.3) is 0 Å². The maximum absolute atomic E-state index is 12.2. The molecule has 0 aromatic rings. The molecule has 6 nitrogen and oxygen atoms in total.